The van der Waals surface area contributed by atoms with Crippen LogP contribution in [0.4, 0.5) is 4.39 Å². The maximum atomic E-state index is 14.4. The Kier molecular flexibility index (Phi) is 6.82. The van der Waals surface area contributed by atoms with Crippen LogP contribution in [0.5, 0.6) is 5.75 Å². The van der Waals surface area contributed by atoms with E-state index in [9.17, 15) is 14.0 Å². The second-order valence-electron chi connectivity index (χ2n) is 7.53. The Balaban J connectivity index is 1.73. The Hall–Kier alpha value is -3.15. The van der Waals surface area contributed by atoms with Gasteiger partial charge < -0.3 is 9.15 Å². The van der Waals surface area contributed by atoms with Crippen LogP contribution in [0.15, 0.2) is 69.9 Å². The zero-order chi connectivity index (χ0) is 23.5. The number of hydrogen-bond acceptors (Lipinski definition) is 4. The van der Waals surface area contributed by atoms with E-state index in [1.165, 1.54) is 18.2 Å². The molecule has 0 aliphatic heterocycles. The maximum absolute atomic E-state index is 14.4. The molecule has 0 saturated heterocycles. The van der Waals surface area contributed by atoms with Crippen molar-refractivity contribution >= 4 is 40.1 Å². The SMILES string of the molecule is CCCc1c(Cc2c(F)cccc2Cl)c(=O)oc2cc(OC(=O)c3ccc(Cl)cc3)ccc12. The van der Waals surface area contributed by atoms with Crippen LogP contribution >= 0.6 is 23.2 Å². The van der Waals surface area contributed by atoms with Gasteiger partial charge in [0.1, 0.15) is 17.1 Å². The molecule has 0 aliphatic carbocycles. The zero-order valence-corrected chi connectivity index (χ0v) is 19.2. The van der Waals surface area contributed by atoms with Crippen molar-refractivity contribution in [3.8, 4) is 5.75 Å². The Labute approximate surface area is 199 Å². The van der Waals surface area contributed by atoms with Gasteiger partial charge in [0, 0.05) is 39.0 Å². The van der Waals surface area contributed by atoms with E-state index in [-0.39, 0.29) is 28.3 Å². The smallest absolute Gasteiger partial charge is 0.343 e. The molecule has 1 aromatic heterocycles. The third-order valence-corrected chi connectivity index (χ3v) is 5.90. The van der Waals surface area contributed by atoms with Crippen LogP contribution in [0.25, 0.3) is 11.0 Å². The summed E-state index contributed by atoms with van der Waals surface area (Å²) in [5.41, 5.74) is 1.42. The van der Waals surface area contributed by atoms with Gasteiger partial charge in [0.05, 0.1) is 5.56 Å². The first-order valence-electron chi connectivity index (χ1n) is 10.4. The molecule has 3 aromatic carbocycles. The predicted molar refractivity (Wildman–Crippen MR) is 127 cm³/mol. The first-order chi connectivity index (χ1) is 15.9. The third kappa shape index (κ3) is 4.95. The summed E-state index contributed by atoms with van der Waals surface area (Å²) in [6, 6.07) is 15.6. The number of aryl methyl sites for hydroxylation is 1. The van der Waals surface area contributed by atoms with Crippen LogP contribution in [0.3, 0.4) is 0 Å². The van der Waals surface area contributed by atoms with E-state index in [0.29, 0.717) is 28.0 Å². The molecule has 0 spiro atoms. The van der Waals surface area contributed by atoms with Crippen molar-refractivity contribution in [1.29, 1.82) is 0 Å². The lowest BCUT2D eigenvalue weighted by Gasteiger charge is -2.13. The molecule has 168 valence electrons. The average molecular weight is 485 g/mol. The van der Waals surface area contributed by atoms with E-state index in [4.69, 9.17) is 32.4 Å². The molecule has 0 fully saturated rings. The topological polar surface area (TPSA) is 56.5 Å². The minimum absolute atomic E-state index is 0.0203. The van der Waals surface area contributed by atoms with Crippen molar-refractivity contribution < 1.29 is 18.3 Å². The van der Waals surface area contributed by atoms with E-state index in [1.54, 1.807) is 42.5 Å². The van der Waals surface area contributed by atoms with Crippen molar-refractivity contribution in [2.45, 2.75) is 26.2 Å². The van der Waals surface area contributed by atoms with E-state index in [2.05, 4.69) is 0 Å². The Morgan fingerprint density at radius 3 is 2.45 bits per heavy atom. The zero-order valence-electron chi connectivity index (χ0n) is 17.7. The predicted octanol–water partition coefficient (Wildman–Crippen LogP) is 7.00. The standard InChI is InChI=1S/C26H19Cl2FO4/c1-2-4-18-19-12-11-17(32-25(30)15-7-9-16(27)10-8-15)13-24(19)33-26(31)20(18)14-21-22(28)5-3-6-23(21)29/h3,5-13H,2,4,14H2,1H3. The lowest BCUT2D eigenvalue weighted by atomic mass is 9.95. The van der Waals surface area contributed by atoms with Crippen molar-refractivity contribution in [3.63, 3.8) is 0 Å². The van der Waals surface area contributed by atoms with Crippen LogP contribution in [-0.4, -0.2) is 5.97 Å². The van der Waals surface area contributed by atoms with Gasteiger partial charge in [0.2, 0.25) is 0 Å². The molecular weight excluding hydrogens is 466 g/mol. The molecule has 4 aromatic rings. The molecule has 0 amide bonds. The number of rotatable bonds is 6. The number of carbonyl (C=O) groups excluding carboxylic acids is 1. The fourth-order valence-electron chi connectivity index (χ4n) is 3.69. The highest BCUT2D eigenvalue weighted by molar-refractivity contribution is 6.31. The molecule has 0 saturated carbocycles. The third-order valence-electron chi connectivity index (χ3n) is 5.30. The molecule has 0 bridgehead atoms. The molecule has 1 heterocycles. The molecule has 33 heavy (non-hydrogen) atoms. The first-order valence-corrected chi connectivity index (χ1v) is 11.1. The average Bonchev–Trinajstić information content (AvgIpc) is 2.78. The maximum Gasteiger partial charge on any atom is 0.343 e. The fraction of sp³-hybridized carbons (Fsp3) is 0.154. The van der Waals surface area contributed by atoms with Crippen molar-refractivity contribution in [2.75, 3.05) is 0 Å². The van der Waals surface area contributed by atoms with Crippen molar-refractivity contribution in [1.82, 2.24) is 0 Å². The summed E-state index contributed by atoms with van der Waals surface area (Å²) in [6.45, 7) is 1.99. The highest BCUT2D eigenvalue weighted by Crippen LogP contribution is 2.29. The summed E-state index contributed by atoms with van der Waals surface area (Å²) < 4.78 is 25.3. The number of benzene rings is 3. The molecule has 0 radical (unpaired) electrons. The van der Waals surface area contributed by atoms with Gasteiger partial charge >= 0.3 is 11.6 Å². The van der Waals surface area contributed by atoms with E-state index in [1.807, 2.05) is 6.92 Å². The summed E-state index contributed by atoms with van der Waals surface area (Å²) >= 11 is 12.0. The molecule has 4 rings (SSSR count). The Morgan fingerprint density at radius 2 is 1.76 bits per heavy atom. The highest BCUT2D eigenvalue weighted by Gasteiger charge is 2.19. The van der Waals surface area contributed by atoms with Crippen LogP contribution < -0.4 is 10.4 Å². The number of hydrogen-bond donors (Lipinski definition) is 0. The largest absolute Gasteiger partial charge is 0.423 e. The van der Waals surface area contributed by atoms with Gasteiger partial charge in [-0.25, -0.2) is 14.0 Å². The second kappa shape index (κ2) is 9.77. The van der Waals surface area contributed by atoms with Crippen LogP contribution in [0.2, 0.25) is 10.0 Å². The minimum atomic E-state index is -0.577. The minimum Gasteiger partial charge on any atom is -0.423 e. The monoisotopic (exact) mass is 484 g/mol. The van der Waals surface area contributed by atoms with E-state index in [0.717, 1.165) is 12.0 Å². The molecule has 0 atom stereocenters. The van der Waals surface area contributed by atoms with Crippen molar-refractivity contribution in [2.24, 2.45) is 0 Å². The quantitative estimate of drug-likeness (QED) is 0.168. The first kappa shape index (κ1) is 23.0. The van der Waals surface area contributed by atoms with Gasteiger partial charge in [0.15, 0.2) is 0 Å². The van der Waals surface area contributed by atoms with Crippen molar-refractivity contribution in [3.05, 3.63) is 109 Å². The number of fused-ring (bicyclic) bond motifs is 1. The molecule has 4 nitrogen and oxygen atoms in total. The summed E-state index contributed by atoms with van der Waals surface area (Å²) in [6.07, 6.45) is 1.38. The van der Waals surface area contributed by atoms with Crippen LogP contribution in [0.1, 0.15) is 40.4 Å². The normalized spacial score (nSPS) is 11.0. The fourth-order valence-corrected chi connectivity index (χ4v) is 4.05. The van der Waals surface area contributed by atoms with E-state index >= 15 is 0 Å². The summed E-state index contributed by atoms with van der Waals surface area (Å²) in [4.78, 5) is 25.3. The van der Waals surface area contributed by atoms with Gasteiger partial charge in [0.25, 0.3) is 0 Å². The summed E-state index contributed by atoms with van der Waals surface area (Å²) in [5.74, 6) is -0.806. The van der Waals surface area contributed by atoms with Gasteiger partial charge in [-0.1, -0.05) is 42.6 Å². The number of esters is 1. The molecule has 0 aliphatic rings. The Bertz CT molecular complexity index is 1370. The highest BCUT2D eigenvalue weighted by atomic mass is 35.5. The van der Waals surface area contributed by atoms with Gasteiger partial charge in [-0.2, -0.15) is 0 Å². The molecule has 0 unspecified atom stereocenters. The van der Waals surface area contributed by atoms with Crippen LogP contribution in [0, 0.1) is 5.82 Å². The number of ether oxygens (including phenoxy) is 1. The van der Waals surface area contributed by atoms with E-state index < -0.39 is 17.4 Å². The number of carbonyl (C=O) groups is 1. The van der Waals surface area contributed by atoms with Gasteiger partial charge in [-0.05, 0) is 60.5 Å². The second-order valence-corrected chi connectivity index (χ2v) is 8.37. The summed E-state index contributed by atoms with van der Waals surface area (Å²) in [5, 5.41) is 1.46. The Morgan fingerprint density at radius 1 is 1.00 bits per heavy atom. The molecule has 0 N–H and O–H groups in total. The number of halogens is 3. The van der Waals surface area contributed by atoms with Crippen LogP contribution in [-0.2, 0) is 12.8 Å². The van der Waals surface area contributed by atoms with Gasteiger partial charge in [-0.3, -0.25) is 0 Å². The lowest BCUT2D eigenvalue weighted by molar-refractivity contribution is 0.0735. The lowest BCUT2D eigenvalue weighted by Crippen LogP contribution is -2.14. The van der Waals surface area contributed by atoms with Gasteiger partial charge in [-0.15, -0.1) is 0 Å². The summed E-state index contributed by atoms with van der Waals surface area (Å²) in [7, 11) is 0. The molecule has 7 heteroatoms. The molecular formula is C26H19Cl2FO4.